The molecule has 0 saturated carbocycles. The van der Waals surface area contributed by atoms with Gasteiger partial charge in [-0.15, -0.1) is 0 Å². The molecule has 0 bridgehead atoms. The van der Waals surface area contributed by atoms with Crippen LogP contribution in [0.4, 0.5) is 5.69 Å². The van der Waals surface area contributed by atoms with Gasteiger partial charge < -0.3 is 10.2 Å². The second-order valence-electron chi connectivity index (χ2n) is 2.74. The Balaban J connectivity index is 2.71. The molecule has 5 heteroatoms. The predicted octanol–water partition coefficient (Wildman–Crippen LogP) is 1.69. The molecule has 1 aromatic carbocycles. The third kappa shape index (κ3) is 2.90. The molecule has 0 amide bonds. The number of carbonyl (C=O) groups is 1. The van der Waals surface area contributed by atoms with Crippen LogP contribution in [0.3, 0.4) is 0 Å². The number of nitrogens with one attached hydrogen (secondary N) is 1. The smallest absolute Gasteiger partial charge is 0.302 e. The summed E-state index contributed by atoms with van der Waals surface area (Å²) in [5.74, 6) is 4.89. The van der Waals surface area contributed by atoms with Crippen LogP contribution in [0.1, 0.15) is 12.5 Å². The Bertz CT molecular complexity index is 342. The van der Waals surface area contributed by atoms with E-state index in [1.807, 2.05) is 0 Å². The molecule has 4 nitrogen and oxygen atoms in total. The van der Waals surface area contributed by atoms with Crippen LogP contribution in [0.2, 0.25) is 5.02 Å². The highest BCUT2D eigenvalue weighted by atomic mass is 35.5. The van der Waals surface area contributed by atoms with Crippen molar-refractivity contribution in [1.29, 1.82) is 0 Å². The predicted molar refractivity (Wildman–Crippen MR) is 54.7 cm³/mol. The van der Waals surface area contributed by atoms with Gasteiger partial charge in [0.2, 0.25) is 0 Å². The number of esters is 1. The Morgan fingerprint density at radius 2 is 2.36 bits per heavy atom. The summed E-state index contributed by atoms with van der Waals surface area (Å²) in [5, 5.41) is 0.497. The second kappa shape index (κ2) is 4.83. The summed E-state index contributed by atoms with van der Waals surface area (Å²) in [6, 6.07) is 5.20. The van der Waals surface area contributed by atoms with Crippen molar-refractivity contribution in [3.8, 4) is 0 Å². The van der Waals surface area contributed by atoms with Crippen molar-refractivity contribution in [2.45, 2.75) is 13.5 Å². The molecule has 76 valence electrons. The molecule has 0 saturated heterocycles. The molecular formula is C9H11ClN2O2. The van der Waals surface area contributed by atoms with Crippen LogP contribution in [0.15, 0.2) is 18.2 Å². The van der Waals surface area contributed by atoms with Crippen molar-refractivity contribution in [2.24, 2.45) is 5.84 Å². The number of ether oxygens (including phenoxy) is 1. The van der Waals surface area contributed by atoms with Gasteiger partial charge in [0.15, 0.2) is 0 Å². The Labute approximate surface area is 87.0 Å². The minimum absolute atomic E-state index is 0.222. The zero-order valence-corrected chi connectivity index (χ0v) is 8.47. The average Bonchev–Trinajstić information content (AvgIpc) is 2.15. The molecule has 0 heterocycles. The van der Waals surface area contributed by atoms with Crippen molar-refractivity contribution < 1.29 is 9.53 Å². The summed E-state index contributed by atoms with van der Waals surface area (Å²) in [6.45, 7) is 1.58. The number of halogens is 1. The van der Waals surface area contributed by atoms with Gasteiger partial charge in [-0.3, -0.25) is 10.6 Å². The SMILES string of the molecule is CC(=O)OCc1ccc(NN)c(Cl)c1. The maximum atomic E-state index is 10.5. The Morgan fingerprint density at radius 1 is 1.64 bits per heavy atom. The highest BCUT2D eigenvalue weighted by Gasteiger charge is 2.01. The van der Waals surface area contributed by atoms with Crippen LogP contribution in [-0.4, -0.2) is 5.97 Å². The number of carbonyl (C=O) groups excluding carboxylic acids is 1. The van der Waals surface area contributed by atoms with Crippen molar-refractivity contribution in [3.63, 3.8) is 0 Å². The molecule has 0 radical (unpaired) electrons. The quantitative estimate of drug-likeness (QED) is 0.457. The zero-order chi connectivity index (χ0) is 10.6. The first kappa shape index (κ1) is 10.8. The molecule has 0 fully saturated rings. The Hall–Kier alpha value is -1.26. The molecule has 0 spiro atoms. The minimum atomic E-state index is -0.317. The monoisotopic (exact) mass is 214 g/mol. The van der Waals surface area contributed by atoms with E-state index in [4.69, 9.17) is 22.2 Å². The second-order valence-corrected chi connectivity index (χ2v) is 3.15. The van der Waals surface area contributed by atoms with Gasteiger partial charge in [-0.2, -0.15) is 0 Å². The number of anilines is 1. The highest BCUT2D eigenvalue weighted by Crippen LogP contribution is 2.22. The van der Waals surface area contributed by atoms with Crippen LogP contribution in [0.25, 0.3) is 0 Å². The van der Waals surface area contributed by atoms with Gasteiger partial charge in [-0.1, -0.05) is 17.7 Å². The largest absolute Gasteiger partial charge is 0.461 e. The topological polar surface area (TPSA) is 64.3 Å². The summed E-state index contributed by atoms with van der Waals surface area (Å²) in [4.78, 5) is 10.5. The van der Waals surface area contributed by atoms with Gasteiger partial charge >= 0.3 is 5.97 Å². The number of rotatable bonds is 3. The molecule has 0 aliphatic rings. The first-order valence-corrected chi connectivity index (χ1v) is 4.39. The van der Waals surface area contributed by atoms with E-state index in [0.717, 1.165) is 5.56 Å². The lowest BCUT2D eigenvalue weighted by atomic mass is 10.2. The molecule has 0 atom stereocenters. The third-order valence-electron chi connectivity index (χ3n) is 1.63. The number of nitrogens with two attached hydrogens (primary N) is 1. The van der Waals surface area contributed by atoms with Gasteiger partial charge in [0.1, 0.15) is 6.61 Å². The summed E-state index contributed by atoms with van der Waals surface area (Å²) < 4.78 is 4.81. The maximum absolute atomic E-state index is 10.5. The molecule has 14 heavy (non-hydrogen) atoms. The fraction of sp³-hybridized carbons (Fsp3) is 0.222. The Morgan fingerprint density at radius 3 is 2.86 bits per heavy atom. The maximum Gasteiger partial charge on any atom is 0.302 e. The molecule has 3 N–H and O–H groups in total. The van der Waals surface area contributed by atoms with Crippen LogP contribution in [0, 0.1) is 0 Å². The van der Waals surface area contributed by atoms with Gasteiger partial charge in [0.05, 0.1) is 10.7 Å². The number of hydrazine groups is 1. The first-order valence-electron chi connectivity index (χ1n) is 4.02. The highest BCUT2D eigenvalue weighted by molar-refractivity contribution is 6.33. The van der Waals surface area contributed by atoms with E-state index in [1.165, 1.54) is 6.92 Å². The lowest BCUT2D eigenvalue weighted by Gasteiger charge is -2.06. The molecule has 1 aromatic rings. The van der Waals surface area contributed by atoms with E-state index < -0.39 is 0 Å². The number of nitrogen functional groups attached to an aromatic ring is 1. The third-order valence-corrected chi connectivity index (χ3v) is 1.94. The fourth-order valence-corrected chi connectivity index (χ4v) is 1.21. The average molecular weight is 215 g/mol. The molecule has 0 aliphatic carbocycles. The molecule has 0 aliphatic heterocycles. The number of hydrogen-bond donors (Lipinski definition) is 2. The lowest BCUT2D eigenvalue weighted by molar-refractivity contribution is -0.142. The van der Waals surface area contributed by atoms with Crippen LogP contribution < -0.4 is 11.3 Å². The van der Waals surface area contributed by atoms with Crippen LogP contribution in [0.5, 0.6) is 0 Å². The molecule has 1 rings (SSSR count). The van der Waals surface area contributed by atoms with E-state index in [0.29, 0.717) is 10.7 Å². The summed E-state index contributed by atoms with van der Waals surface area (Å²) in [6.07, 6.45) is 0. The fourth-order valence-electron chi connectivity index (χ4n) is 0.950. The minimum Gasteiger partial charge on any atom is -0.461 e. The van der Waals surface area contributed by atoms with Crippen LogP contribution >= 0.6 is 11.6 Å². The normalized spacial score (nSPS) is 9.64. The van der Waals surface area contributed by atoms with Gasteiger partial charge in [-0.25, -0.2) is 0 Å². The van der Waals surface area contributed by atoms with E-state index >= 15 is 0 Å². The standard InChI is InChI=1S/C9H11ClN2O2/c1-6(13)14-5-7-2-3-9(12-11)8(10)4-7/h2-4,12H,5,11H2,1H3. The summed E-state index contributed by atoms with van der Waals surface area (Å²) >= 11 is 5.86. The summed E-state index contributed by atoms with van der Waals surface area (Å²) in [7, 11) is 0. The molecule has 0 aromatic heterocycles. The zero-order valence-electron chi connectivity index (χ0n) is 7.71. The van der Waals surface area contributed by atoms with E-state index in [9.17, 15) is 4.79 Å². The van der Waals surface area contributed by atoms with E-state index in [1.54, 1.807) is 18.2 Å². The molecule has 0 unspecified atom stereocenters. The Kier molecular flexibility index (Phi) is 3.73. The number of hydrogen-bond acceptors (Lipinski definition) is 4. The molecular weight excluding hydrogens is 204 g/mol. The van der Waals surface area contributed by atoms with Gasteiger partial charge in [-0.05, 0) is 17.7 Å². The first-order chi connectivity index (χ1) is 6.63. The van der Waals surface area contributed by atoms with E-state index in [-0.39, 0.29) is 12.6 Å². The van der Waals surface area contributed by atoms with Crippen molar-refractivity contribution in [2.75, 3.05) is 5.43 Å². The van der Waals surface area contributed by atoms with Gasteiger partial charge in [0, 0.05) is 6.92 Å². The van der Waals surface area contributed by atoms with Gasteiger partial charge in [0.25, 0.3) is 0 Å². The van der Waals surface area contributed by atoms with Crippen molar-refractivity contribution in [1.82, 2.24) is 0 Å². The number of benzene rings is 1. The lowest BCUT2D eigenvalue weighted by Crippen LogP contribution is -2.07. The summed E-state index contributed by atoms with van der Waals surface area (Å²) in [5.41, 5.74) is 3.91. The van der Waals surface area contributed by atoms with Crippen LogP contribution in [-0.2, 0) is 16.1 Å². The van der Waals surface area contributed by atoms with Crippen molar-refractivity contribution >= 4 is 23.3 Å². The van der Waals surface area contributed by atoms with Crippen molar-refractivity contribution in [3.05, 3.63) is 28.8 Å². The van der Waals surface area contributed by atoms with E-state index in [2.05, 4.69) is 5.43 Å².